The highest BCUT2D eigenvalue weighted by Gasteiger charge is 2.59. The van der Waals surface area contributed by atoms with Gasteiger partial charge in [0, 0.05) is 16.7 Å². The lowest BCUT2D eigenvalue weighted by atomic mass is 9.68. The Morgan fingerprint density at radius 1 is 1.48 bits per heavy atom. The number of rotatable bonds is 2. The number of amides is 1. The van der Waals surface area contributed by atoms with Gasteiger partial charge in [0.25, 0.3) is 5.91 Å². The summed E-state index contributed by atoms with van der Waals surface area (Å²) in [6, 6.07) is 1.93. The largest absolute Gasteiger partial charge is 0.383 e. The van der Waals surface area contributed by atoms with Gasteiger partial charge in [0.15, 0.2) is 0 Å². The molecule has 4 nitrogen and oxygen atoms in total. The van der Waals surface area contributed by atoms with Crippen LogP contribution in [0.15, 0.2) is 16.7 Å². The van der Waals surface area contributed by atoms with Gasteiger partial charge in [0.05, 0.1) is 5.56 Å². The highest BCUT2D eigenvalue weighted by Crippen LogP contribution is 2.62. The molecule has 2 aliphatic rings. The molecule has 3 atom stereocenters. The van der Waals surface area contributed by atoms with Gasteiger partial charge in [0.2, 0.25) is 0 Å². The number of nitrogens with zero attached hydrogens (tertiary/aromatic N) is 1. The van der Waals surface area contributed by atoms with E-state index in [1.54, 1.807) is 12.3 Å². The van der Waals surface area contributed by atoms with Crippen LogP contribution in [0.2, 0.25) is 0 Å². The van der Waals surface area contributed by atoms with Gasteiger partial charge in [-0.3, -0.25) is 4.79 Å². The van der Waals surface area contributed by atoms with Gasteiger partial charge >= 0.3 is 0 Å². The van der Waals surface area contributed by atoms with E-state index >= 15 is 0 Å². The highest BCUT2D eigenvalue weighted by molar-refractivity contribution is 9.10. The Morgan fingerprint density at radius 3 is 2.81 bits per heavy atom. The molecule has 3 N–H and O–H groups in total. The van der Waals surface area contributed by atoms with Crippen LogP contribution in [0.3, 0.4) is 0 Å². The van der Waals surface area contributed by atoms with Crippen LogP contribution in [0.5, 0.6) is 0 Å². The van der Waals surface area contributed by atoms with Gasteiger partial charge in [-0.05, 0) is 58.0 Å². The van der Waals surface area contributed by atoms with Crippen molar-refractivity contribution in [3.63, 3.8) is 0 Å². The predicted octanol–water partition coefficient (Wildman–Crippen LogP) is 3.37. The number of nitrogens with one attached hydrogen (secondary N) is 1. The van der Waals surface area contributed by atoms with Gasteiger partial charge in [-0.1, -0.05) is 20.8 Å². The van der Waals surface area contributed by atoms with E-state index in [2.05, 4.69) is 47.0 Å². The number of pyridine rings is 1. The number of anilines is 1. The van der Waals surface area contributed by atoms with Gasteiger partial charge in [-0.2, -0.15) is 0 Å². The van der Waals surface area contributed by atoms with Crippen molar-refractivity contribution in [3.05, 3.63) is 22.3 Å². The minimum Gasteiger partial charge on any atom is -0.383 e. The summed E-state index contributed by atoms with van der Waals surface area (Å²) in [6.07, 6.45) is 5.28. The molecule has 2 saturated carbocycles. The third-order valence-corrected chi connectivity index (χ3v) is 6.11. The Balaban J connectivity index is 1.86. The molecule has 114 valence electrons. The van der Waals surface area contributed by atoms with Crippen molar-refractivity contribution in [2.45, 2.75) is 46.1 Å². The fraction of sp³-hybridized carbons (Fsp3) is 0.625. The summed E-state index contributed by atoms with van der Waals surface area (Å²) in [4.78, 5) is 16.7. The van der Waals surface area contributed by atoms with Crippen LogP contribution in [0, 0.1) is 16.7 Å². The minimum absolute atomic E-state index is 0.117. The van der Waals surface area contributed by atoms with Crippen molar-refractivity contribution in [2.75, 3.05) is 5.73 Å². The van der Waals surface area contributed by atoms with Gasteiger partial charge in [-0.15, -0.1) is 0 Å². The molecule has 5 heteroatoms. The molecule has 1 heterocycles. The Kier molecular flexibility index (Phi) is 3.32. The van der Waals surface area contributed by atoms with Crippen LogP contribution in [-0.4, -0.2) is 16.9 Å². The number of aromatic nitrogens is 1. The summed E-state index contributed by atoms with van der Waals surface area (Å²) in [6.45, 7) is 6.85. The molecule has 0 radical (unpaired) electrons. The first-order valence-electron chi connectivity index (χ1n) is 7.46. The lowest BCUT2D eigenvalue weighted by Crippen LogP contribution is -2.52. The molecular weight excluding hydrogens is 330 g/mol. The third kappa shape index (κ3) is 2.26. The van der Waals surface area contributed by atoms with E-state index in [0.717, 1.165) is 4.47 Å². The molecule has 1 aromatic rings. The van der Waals surface area contributed by atoms with E-state index in [0.29, 0.717) is 11.5 Å². The zero-order chi connectivity index (χ0) is 15.4. The summed E-state index contributed by atoms with van der Waals surface area (Å²) in [7, 11) is 0. The van der Waals surface area contributed by atoms with Crippen molar-refractivity contribution in [1.29, 1.82) is 0 Å². The van der Waals surface area contributed by atoms with Crippen molar-refractivity contribution in [1.82, 2.24) is 10.3 Å². The minimum atomic E-state index is -0.117. The van der Waals surface area contributed by atoms with Crippen molar-refractivity contribution in [2.24, 2.45) is 16.7 Å². The zero-order valence-corrected chi connectivity index (χ0v) is 14.3. The maximum Gasteiger partial charge on any atom is 0.255 e. The van der Waals surface area contributed by atoms with E-state index in [-0.39, 0.29) is 28.6 Å². The number of hydrogen-bond donors (Lipinski definition) is 2. The number of nitrogens with two attached hydrogens (primary N) is 1. The van der Waals surface area contributed by atoms with Crippen molar-refractivity contribution < 1.29 is 4.79 Å². The van der Waals surface area contributed by atoms with E-state index in [4.69, 9.17) is 5.73 Å². The number of carbonyl (C=O) groups is 1. The number of carbonyl (C=O) groups excluding carboxylic acids is 1. The molecule has 1 aromatic heterocycles. The Morgan fingerprint density at radius 2 is 2.19 bits per heavy atom. The summed E-state index contributed by atoms with van der Waals surface area (Å²) in [5, 5.41) is 3.25. The normalized spacial score (nSPS) is 33.1. The summed E-state index contributed by atoms with van der Waals surface area (Å²) >= 11 is 3.34. The van der Waals surface area contributed by atoms with Crippen LogP contribution < -0.4 is 11.1 Å². The van der Waals surface area contributed by atoms with Gasteiger partial charge in [0.1, 0.15) is 5.82 Å². The molecule has 1 amide bonds. The van der Waals surface area contributed by atoms with Crippen LogP contribution in [0.4, 0.5) is 5.82 Å². The maximum absolute atomic E-state index is 12.6. The summed E-state index contributed by atoms with van der Waals surface area (Å²) in [5.74, 6) is 0.862. The molecule has 2 bridgehead atoms. The molecule has 0 spiro atoms. The van der Waals surface area contributed by atoms with E-state index in [1.807, 2.05) is 0 Å². The van der Waals surface area contributed by atoms with Crippen molar-refractivity contribution >= 4 is 27.7 Å². The lowest BCUT2D eigenvalue weighted by molar-refractivity contribution is 0.0738. The second-order valence-electron chi connectivity index (χ2n) is 7.41. The van der Waals surface area contributed by atoms with Crippen molar-refractivity contribution in [3.8, 4) is 0 Å². The summed E-state index contributed by atoms with van der Waals surface area (Å²) in [5.41, 5.74) is 6.64. The molecule has 0 saturated heterocycles. The van der Waals surface area contributed by atoms with E-state index < -0.39 is 0 Å². The topological polar surface area (TPSA) is 68.0 Å². The highest BCUT2D eigenvalue weighted by atomic mass is 79.9. The molecule has 21 heavy (non-hydrogen) atoms. The predicted molar refractivity (Wildman–Crippen MR) is 86.8 cm³/mol. The smallest absolute Gasteiger partial charge is 0.255 e. The first-order chi connectivity index (χ1) is 9.74. The van der Waals surface area contributed by atoms with Crippen LogP contribution in [-0.2, 0) is 0 Å². The molecule has 2 fully saturated rings. The fourth-order valence-electron chi connectivity index (χ4n) is 4.50. The fourth-order valence-corrected chi connectivity index (χ4v) is 4.83. The molecule has 2 aliphatic carbocycles. The second kappa shape index (κ2) is 4.70. The molecule has 3 unspecified atom stereocenters. The lowest BCUT2D eigenvalue weighted by Gasteiger charge is -2.43. The third-order valence-electron chi connectivity index (χ3n) is 5.67. The number of hydrogen-bond acceptors (Lipinski definition) is 3. The second-order valence-corrected chi connectivity index (χ2v) is 8.32. The molecule has 3 rings (SSSR count). The maximum atomic E-state index is 12.6. The summed E-state index contributed by atoms with van der Waals surface area (Å²) < 4.78 is 0.764. The Hall–Kier alpha value is -1.10. The van der Waals surface area contributed by atoms with Crippen LogP contribution in [0.25, 0.3) is 0 Å². The Labute approximate surface area is 134 Å². The van der Waals surface area contributed by atoms with Gasteiger partial charge < -0.3 is 11.1 Å². The molecule has 0 aromatic carbocycles. The number of halogens is 1. The van der Waals surface area contributed by atoms with E-state index in [9.17, 15) is 4.79 Å². The zero-order valence-electron chi connectivity index (χ0n) is 12.7. The van der Waals surface area contributed by atoms with E-state index in [1.165, 1.54) is 19.3 Å². The van der Waals surface area contributed by atoms with Gasteiger partial charge in [-0.25, -0.2) is 4.98 Å². The standard InChI is InChI=1S/C16H22BrN3O/c1-15(2)9-4-5-16(3,7-9)14(15)20-13(21)11-6-10(17)8-19-12(11)18/h6,8-9,14H,4-5,7H2,1-3H3,(H2,18,19)(H,20,21). The van der Waals surface area contributed by atoms with Crippen LogP contribution in [0.1, 0.15) is 50.4 Å². The average Bonchev–Trinajstić information content (AvgIpc) is 2.88. The monoisotopic (exact) mass is 351 g/mol. The average molecular weight is 352 g/mol. The first-order valence-corrected chi connectivity index (χ1v) is 8.25. The Bertz CT molecular complexity index is 596. The number of nitrogen functional groups attached to an aromatic ring is 1. The van der Waals surface area contributed by atoms with Crippen LogP contribution >= 0.6 is 15.9 Å². The number of fused-ring (bicyclic) bond motifs is 2. The molecule has 0 aliphatic heterocycles. The SMILES string of the molecule is CC12CCC(C1)C(C)(C)C2NC(=O)c1cc(Br)cnc1N. The molecular formula is C16H22BrN3O. The first kappa shape index (κ1) is 14.8. The quantitative estimate of drug-likeness (QED) is 0.858.